The molecule has 0 radical (unpaired) electrons. The molecule has 5 fully saturated rings. The molecule has 7 atom stereocenters. The van der Waals surface area contributed by atoms with Crippen LogP contribution in [-0.2, 0) is 23.9 Å². The zero-order valence-electron chi connectivity index (χ0n) is 16.7. The third-order valence-corrected chi connectivity index (χ3v) is 10.1. The summed E-state index contributed by atoms with van der Waals surface area (Å²) in [6.45, 7) is 4.54. The van der Waals surface area contributed by atoms with Crippen molar-refractivity contribution in [3.05, 3.63) is 11.6 Å². The van der Waals surface area contributed by atoms with Crippen LogP contribution < -0.4 is 0 Å². The Morgan fingerprint density at radius 1 is 0.964 bits per heavy atom. The second kappa shape index (κ2) is 4.91. The van der Waals surface area contributed by atoms with Crippen LogP contribution in [-0.4, -0.2) is 28.9 Å². The zero-order valence-corrected chi connectivity index (χ0v) is 16.7. The minimum Gasteiger partial charge on any atom is -0.458 e. The average Bonchev–Trinajstić information content (AvgIpc) is 3.24. The fourth-order valence-corrected chi connectivity index (χ4v) is 8.52. The Bertz CT molecular complexity index is 859. The fourth-order valence-electron chi connectivity index (χ4n) is 8.52. The first kappa shape index (κ1) is 17.2. The highest BCUT2D eigenvalue weighted by Gasteiger charge is 2.77. The number of hydrogen-bond acceptors (Lipinski definition) is 5. The van der Waals surface area contributed by atoms with E-state index in [0.29, 0.717) is 25.2 Å². The molecule has 2 saturated heterocycles. The van der Waals surface area contributed by atoms with Crippen LogP contribution in [0.3, 0.4) is 0 Å². The van der Waals surface area contributed by atoms with Crippen molar-refractivity contribution in [3.8, 4) is 0 Å². The SMILES string of the molecule is C[C@]12CCC(=O)C=C1C[C@@H]1C(=O)O[C@@]23CC[C@@]2(C)C(CC[C@@]24CCC(=O)O4)C13. The second-order valence-electron chi connectivity index (χ2n) is 10.6. The largest absolute Gasteiger partial charge is 0.458 e. The van der Waals surface area contributed by atoms with E-state index in [-0.39, 0.29) is 46.0 Å². The maximum absolute atomic E-state index is 13.0. The Kier molecular flexibility index (Phi) is 3.02. The molecule has 6 aliphatic rings. The predicted molar refractivity (Wildman–Crippen MR) is 99.0 cm³/mol. The van der Waals surface area contributed by atoms with Gasteiger partial charge in [-0.25, -0.2) is 0 Å². The normalized spacial score (nSPS) is 54.0. The molecule has 150 valence electrons. The van der Waals surface area contributed by atoms with Crippen LogP contribution in [0.15, 0.2) is 11.6 Å². The van der Waals surface area contributed by atoms with E-state index in [1.807, 2.05) is 6.08 Å². The van der Waals surface area contributed by atoms with Gasteiger partial charge in [0.25, 0.3) is 0 Å². The lowest BCUT2D eigenvalue weighted by Crippen LogP contribution is -2.64. The first-order valence-corrected chi connectivity index (χ1v) is 10.9. The van der Waals surface area contributed by atoms with E-state index in [1.54, 1.807) is 0 Å². The lowest BCUT2D eigenvalue weighted by atomic mass is 9.43. The Morgan fingerprint density at radius 2 is 1.79 bits per heavy atom. The number of carbonyl (C=O) groups excluding carboxylic acids is 3. The van der Waals surface area contributed by atoms with Gasteiger partial charge in [-0.15, -0.1) is 0 Å². The molecule has 1 spiro atoms. The second-order valence-corrected chi connectivity index (χ2v) is 10.6. The molecule has 0 aromatic heterocycles. The fraction of sp³-hybridized carbons (Fsp3) is 0.783. The van der Waals surface area contributed by atoms with Crippen molar-refractivity contribution in [2.45, 2.75) is 82.8 Å². The number of fused-ring (bicyclic) bond motifs is 3. The van der Waals surface area contributed by atoms with Crippen LogP contribution in [0.25, 0.3) is 0 Å². The molecule has 5 nitrogen and oxygen atoms in total. The summed E-state index contributed by atoms with van der Waals surface area (Å²) in [6, 6.07) is 0. The third kappa shape index (κ3) is 1.66. The van der Waals surface area contributed by atoms with Gasteiger partial charge in [0.15, 0.2) is 5.78 Å². The number of esters is 2. The molecule has 5 heteroatoms. The van der Waals surface area contributed by atoms with Crippen molar-refractivity contribution in [3.63, 3.8) is 0 Å². The van der Waals surface area contributed by atoms with E-state index in [2.05, 4.69) is 13.8 Å². The molecule has 0 amide bonds. The van der Waals surface area contributed by atoms with Crippen LogP contribution in [0, 0.1) is 28.6 Å². The standard InChI is InChI=1S/C23H28O5/c1-20-6-3-14(24)11-13(20)12-15-18-16-4-7-22(8-5-17(25)27-22)21(16,2)9-10-23(18,20)28-19(15)26/h11,15-16,18H,3-10,12H2,1-2H3/t15-,16?,18?,20-,21-,22+,23+/m0/s1. The van der Waals surface area contributed by atoms with Gasteiger partial charge in [0.05, 0.1) is 5.92 Å². The van der Waals surface area contributed by atoms with E-state index >= 15 is 0 Å². The van der Waals surface area contributed by atoms with Crippen LogP contribution in [0.5, 0.6) is 0 Å². The number of rotatable bonds is 0. The molecular formula is C23H28O5. The maximum atomic E-state index is 13.0. The highest BCUT2D eigenvalue weighted by molar-refractivity contribution is 5.92. The van der Waals surface area contributed by atoms with E-state index < -0.39 is 5.60 Å². The van der Waals surface area contributed by atoms with Gasteiger partial charge in [0, 0.05) is 29.6 Å². The first-order valence-electron chi connectivity index (χ1n) is 10.9. The van der Waals surface area contributed by atoms with Gasteiger partial charge in [-0.2, -0.15) is 0 Å². The van der Waals surface area contributed by atoms with Gasteiger partial charge in [0.1, 0.15) is 11.2 Å². The molecule has 2 heterocycles. The number of hydrogen-bond donors (Lipinski definition) is 0. The Balaban J connectivity index is 1.48. The monoisotopic (exact) mass is 384 g/mol. The van der Waals surface area contributed by atoms with Gasteiger partial charge >= 0.3 is 11.9 Å². The molecule has 2 unspecified atom stereocenters. The van der Waals surface area contributed by atoms with Crippen molar-refractivity contribution >= 4 is 17.7 Å². The van der Waals surface area contributed by atoms with Crippen LogP contribution >= 0.6 is 0 Å². The van der Waals surface area contributed by atoms with Crippen molar-refractivity contribution in [1.82, 2.24) is 0 Å². The molecular weight excluding hydrogens is 356 g/mol. The summed E-state index contributed by atoms with van der Waals surface area (Å²) in [4.78, 5) is 37.2. The van der Waals surface area contributed by atoms with E-state index in [1.165, 1.54) is 0 Å². The zero-order chi connectivity index (χ0) is 19.5. The lowest BCUT2D eigenvalue weighted by molar-refractivity contribution is -0.200. The van der Waals surface area contributed by atoms with Gasteiger partial charge in [-0.3, -0.25) is 14.4 Å². The van der Waals surface area contributed by atoms with E-state index in [0.717, 1.165) is 44.1 Å². The Hall–Kier alpha value is -1.65. The molecule has 4 aliphatic carbocycles. The predicted octanol–water partition coefficient (Wildman–Crippen LogP) is 3.50. The average molecular weight is 384 g/mol. The summed E-state index contributed by atoms with van der Waals surface area (Å²) in [5.41, 5.74) is -0.0188. The van der Waals surface area contributed by atoms with Crippen molar-refractivity contribution in [1.29, 1.82) is 0 Å². The van der Waals surface area contributed by atoms with E-state index in [4.69, 9.17) is 9.47 Å². The number of ether oxygens (including phenoxy) is 2. The molecule has 28 heavy (non-hydrogen) atoms. The van der Waals surface area contributed by atoms with E-state index in [9.17, 15) is 14.4 Å². The van der Waals surface area contributed by atoms with Crippen molar-refractivity contribution in [2.24, 2.45) is 28.6 Å². The highest BCUT2D eigenvalue weighted by Crippen LogP contribution is 2.74. The van der Waals surface area contributed by atoms with Crippen LogP contribution in [0.1, 0.15) is 71.6 Å². The molecule has 0 N–H and O–H groups in total. The Morgan fingerprint density at radius 3 is 2.54 bits per heavy atom. The maximum Gasteiger partial charge on any atom is 0.310 e. The summed E-state index contributed by atoms with van der Waals surface area (Å²) in [5, 5.41) is 0. The topological polar surface area (TPSA) is 69.7 Å². The van der Waals surface area contributed by atoms with Gasteiger partial charge in [-0.1, -0.05) is 19.4 Å². The van der Waals surface area contributed by atoms with Crippen LogP contribution in [0.4, 0.5) is 0 Å². The lowest BCUT2D eigenvalue weighted by Gasteiger charge is -2.61. The number of ketones is 1. The third-order valence-electron chi connectivity index (χ3n) is 10.1. The summed E-state index contributed by atoms with van der Waals surface area (Å²) in [7, 11) is 0. The molecule has 2 bridgehead atoms. The van der Waals surface area contributed by atoms with Crippen LogP contribution in [0.2, 0.25) is 0 Å². The molecule has 3 saturated carbocycles. The minimum atomic E-state index is -0.488. The van der Waals surface area contributed by atoms with Gasteiger partial charge in [0.2, 0.25) is 0 Å². The summed E-state index contributed by atoms with van der Waals surface area (Å²) in [5.74, 6) is 0.411. The minimum absolute atomic E-state index is 0.0657. The Labute approximate surface area is 165 Å². The smallest absolute Gasteiger partial charge is 0.310 e. The molecule has 0 aromatic rings. The van der Waals surface area contributed by atoms with Crippen molar-refractivity contribution < 1.29 is 23.9 Å². The molecule has 6 rings (SSSR count). The first-order chi connectivity index (χ1) is 13.2. The van der Waals surface area contributed by atoms with Gasteiger partial charge in [-0.05, 0) is 56.9 Å². The van der Waals surface area contributed by atoms with Crippen molar-refractivity contribution in [2.75, 3.05) is 0 Å². The highest BCUT2D eigenvalue weighted by atomic mass is 16.6. The summed E-state index contributed by atoms with van der Waals surface area (Å²) in [6.07, 6.45) is 8.76. The summed E-state index contributed by atoms with van der Waals surface area (Å²) < 4.78 is 12.3. The molecule has 2 aliphatic heterocycles. The molecule has 0 aromatic carbocycles. The number of carbonyl (C=O) groups is 3. The van der Waals surface area contributed by atoms with Gasteiger partial charge < -0.3 is 9.47 Å². The quantitative estimate of drug-likeness (QED) is 0.598. The summed E-state index contributed by atoms with van der Waals surface area (Å²) >= 11 is 0.